The SMILES string of the molecule is COc1cc(OC)c2cc(COC(=O)CCC(=O)OC(C)COCC(COCC(C)OC(=O)CCC(=O)OCc3cc4c(OC)cc(OC)cc4c4c3C=CC(c3ccccc3)(c3ccc(N(C)C)cc3)O4)OCC(C)OC(=O)CCC(=O)OCc3cc4c(OC)cc(OC)cc4c4c3C=CC(c3ccccc3)(c3ccc(N(C)C)cc3)O4)c3c(c2c1)OC(c1ccccc1)(c1ccc(N(C)C)cc1)C=C3. The number of benzene rings is 12. The number of hydrogen-bond donors (Lipinski definition) is 0. The molecular formula is C114H119N3O24. The first kappa shape index (κ1) is 100. The Balaban J connectivity index is 0.575. The van der Waals surface area contributed by atoms with Gasteiger partial charge in [-0.3, -0.25) is 28.8 Å². The van der Waals surface area contributed by atoms with Crippen molar-refractivity contribution in [1.29, 1.82) is 0 Å². The van der Waals surface area contributed by atoms with Crippen LogP contribution in [0, 0.1) is 0 Å². The van der Waals surface area contributed by atoms with Gasteiger partial charge in [-0.1, -0.05) is 146 Å². The van der Waals surface area contributed by atoms with Gasteiger partial charge in [-0.05, 0) is 112 Å². The van der Waals surface area contributed by atoms with Crippen LogP contribution in [-0.2, 0) is 108 Å². The van der Waals surface area contributed by atoms with E-state index in [-0.39, 0.29) is 91.4 Å². The van der Waals surface area contributed by atoms with Crippen LogP contribution in [0.15, 0.2) is 237 Å². The van der Waals surface area contributed by atoms with E-state index >= 15 is 0 Å². The lowest BCUT2D eigenvalue weighted by Gasteiger charge is -2.37. The molecule has 734 valence electrons. The fourth-order valence-corrected chi connectivity index (χ4v) is 17.6. The normalized spacial score (nSPS) is 16.2. The van der Waals surface area contributed by atoms with Crippen LogP contribution in [0.4, 0.5) is 17.1 Å². The van der Waals surface area contributed by atoms with Crippen molar-refractivity contribution < 1.29 is 114 Å². The standard InChI is InChI=1S/C114H119N3O24/c1-72(136-106(121)46-43-103(118)133-67-75-55-94-97(58-87(124-10)61-100(94)127-13)109-91(75)49-52-112(139-109,78-25-19-16-20-26-78)81-31-37-84(38-32-81)115(4)5)64-130-70-90(132-66-74(3)138-108(123)48-45-105(120)135-69-77-57-96-99(60-89(126-12)63-102(96)129-15)111-93(77)51-54-114(141-111,80-29-23-18-24-30-80)83-35-41-86(42-36-83)117(8)9)71-131-65-73(2)137-107(122)47-44-104(119)134-68-76-56-95-98(59-88(125-11)62-101(95)128-14)110-92(76)50-53-113(140-110,79-27-21-17-22-28-79)82-33-39-85(40-34-82)116(6)7/h16-42,49-63,72-74,90H,43-48,64-71H2,1-15H3. The third kappa shape index (κ3) is 22.9. The van der Waals surface area contributed by atoms with Gasteiger partial charge in [0.1, 0.15) is 96.0 Å². The van der Waals surface area contributed by atoms with Crippen molar-refractivity contribution in [3.8, 4) is 51.7 Å². The Kier molecular flexibility index (Phi) is 32.2. The number of methoxy groups -OCH3 is 6. The molecule has 3 aliphatic heterocycles. The average molecular weight is 1920 g/mol. The van der Waals surface area contributed by atoms with Crippen LogP contribution in [-0.4, -0.2) is 178 Å². The van der Waals surface area contributed by atoms with E-state index in [1.165, 1.54) is 0 Å². The molecular weight excluding hydrogens is 1800 g/mol. The topological polar surface area (TPSA) is 278 Å². The van der Waals surface area contributed by atoms with E-state index in [9.17, 15) is 28.8 Å². The second kappa shape index (κ2) is 45.3. The van der Waals surface area contributed by atoms with Gasteiger partial charge in [0.25, 0.3) is 0 Å². The highest BCUT2D eigenvalue weighted by Gasteiger charge is 2.43. The van der Waals surface area contributed by atoms with Crippen molar-refractivity contribution in [2.75, 3.05) is 133 Å². The first-order valence-electron chi connectivity index (χ1n) is 46.8. The van der Waals surface area contributed by atoms with Crippen LogP contribution >= 0.6 is 0 Å². The summed E-state index contributed by atoms with van der Waals surface area (Å²) in [5.74, 6) is 0.650. The van der Waals surface area contributed by atoms with Crippen molar-refractivity contribution >= 4 is 103 Å². The van der Waals surface area contributed by atoms with Gasteiger partial charge in [-0.2, -0.15) is 0 Å². The zero-order valence-electron chi connectivity index (χ0n) is 82.1. The summed E-state index contributed by atoms with van der Waals surface area (Å²) in [6.07, 6.45) is 6.70. The average Bonchev–Trinajstić information content (AvgIpc) is 0.734. The van der Waals surface area contributed by atoms with E-state index in [0.29, 0.717) is 117 Å². The molecule has 6 unspecified atom stereocenters. The molecule has 0 saturated carbocycles. The second-order valence-electron chi connectivity index (χ2n) is 35.5. The number of fused-ring (bicyclic) bond motifs is 9. The van der Waals surface area contributed by atoms with Crippen molar-refractivity contribution in [1.82, 2.24) is 0 Å². The van der Waals surface area contributed by atoms with Gasteiger partial charge in [0.05, 0.1) is 114 Å². The highest BCUT2D eigenvalue weighted by molar-refractivity contribution is 6.02. The summed E-state index contributed by atoms with van der Waals surface area (Å²) in [5, 5.41) is 4.18. The molecule has 6 atom stereocenters. The van der Waals surface area contributed by atoms with E-state index in [4.69, 9.17) is 85.3 Å². The summed E-state index contributed by atoms with van der Waals surface area (Å²) in [6.45, 7) is 3.65. The number of ether oxygens (including phenoxy) is 18. The van der Waals surface area contributed by atoms with E-state index in [2.05, 4.69) is 0 Å². The van der Waals surface area contributed by atoms with Gasteiger partial charge in [0.15, 0.2) is 16.8 Å². The highest BCUT2D eigenvalue weighted by atomic mass is 16.6. The van der Waals surface area contributed by atoms with Crippen molar-refractivity contribution in [2.45, 2.75) is 120 Å². The second-order valence-corrected chi connectivity index (χ2v) is 35.5. The molecule has 0 saturated heterocycles. The van der Waals surface area contributed by atoms with Crippen LogP contribution < -0.4 is 57.3 Å². The fourth-order valence-electron chi connectivity index (χ4n) is 17.6. The third-order valence-electron chi connectivity index (χ3n) is 25.1. The van der Waals surface area contributed by atoms with Crippen molar-refractivity contribution in [3.05, 3.63) is 303 Å². The molecule has 12 aromatic carbocycles. The highest BCUT2D eigenvalue weighted by Crippen LogP contribution is 2.54. The molecule has 12 aromatic rings. The summed E-state index contributed by atoms with van der Waals surface area (Å²) in [4.78, 5) is 88.0. The molecule has 0 fully saturated rings. The predicted molar refractivity (Wildman–Crippen MR) is 539 cm³/mol. The maximum atomic E-state index is 13.8. The molecule has 27 nitrogen and oxygen atoms in total. The number of hydrogen-bond acceptors (Lipinski definition) is 27. The fraction of sp³-hybridized carbons (Fsp3) is 0.316. The summed E-state index contributed by atoms with van der Waals surface area (Å²) in [6, 6.07) is 71.0. The molecule has 0 spiro atoms. The van der Waals surface area contributed by atoms with Crippen LogP contribution in [0.5, 0.6) is 51.7 Å². The van der Waals surface area contributed by atoms with Crippen LogP contribution in [0.3, 0.4) is 0 Å². The number of carbonyl (C=O) groups is 6. The lowest BCUT2D eigenvalue weighted by molar-refractivity contribution is -0.161. The Hall–Kier alpha value is -15.1. The van der Waals surface area contributed by atoms with Crippen LogP contribution in [0.2, 0.25) is 0 Å². The Morgan fingerprint density at radius 2 is 0.560 bits per heavy atom. The monoisotopic (exact) mass is 1910 g/mol. The van der Waals surface area contributed by atoms with E-state index in [0.717, 1.165) is 50.4 Å². The molecule has 0 aliphatic carbocycles. The Morgan fingerprint density at radius 3 is 0.823 bits per heavy atom. The van der Waals surface area contributed by atoms with E-state index < -0.39 is 77.0 Å². The molecule has 0 radical (unpaired) electrons. The van der Waals surface area contributed by atoms with Crippen molar-refractivity contribution in [3.63, 3.8) is 0 Å². The molecule has 3 heterocycles. The minimum absolute atomic E-state index is 0.126. The smallest absolute Gasteiger partial charge is 0.306 e. The number of rotatable bonds is 44. The van der Waals surface area contributed by atoms with E-state index in [1.807, 2.05) is 294 Å². The Bertz CT molecular complexity index is 6320. The van der Waals surface area contributed by atoms with Gasteiger partial charge in [0.2, 0.25) is 0 Å². The Morgan fingerprint density at radius 1 is 0.298 bits per heavy atom. The molecule has 3 aliphatic rings. The quantitative estimate of drug-likeness (QED) is 0.0253. The molecule has 27 heteroatoms. The number of esters is 6. The van der Waals surface area contributed by atoms with E-state index in [1.54, 1.807) is 81.6 Å². The first-order chi connectivity index (χ1) is 68.2. The first-order valence-corrected chi connectivity index (χ1v) is 46.8. The molecule has 0 aromatic heterocycles. The zero-order valence-corrected chi connectivity index (χ0v) is 82.1. The van der Waals surface area contributed by atoms with Crippen LogP contribution in [0.1, 0.15) is 126 Å². The minimum Gasteiger partial charge on any atom is -0.497 e. The summed E-state index contributed by atoms with van der Waals surface area (Å²) in [7, 11) is 21.3. The minimum atomic E-state index is -1.09. The summed E-state index contributed by atoms with van der Waals surface area (Å²) >= 11 is 0. The molecule has 0 N–H and O–H groups in total. The van der Waals surface area contributed by atoms with Gasteiger partial charge in [-0.25, -0.2) is 0 Å². The van der Waals surface area contributed by atoms with Crippen LogP contribution in [0.25, 0.3) is 50.5 Å². The maximum Gasteiger partial charge on any atom is 0.306 e. The van der Waals surface area contributed by atoms with Gasteiger partial charge >= 0.3 is 35.8 Å². The maximum absolute atomic E-state index is 13.8. The number of nitrogens with zero attached hydrogens (tertiary/aromatic N) is 3. The molecule has 141 heavy (non-hydrogen) atoms. The zero-order chi connectivity index (χ0) is 99.7. The molecule has 0 amide bonds. The number of anilines is 3. The predicted octanol–water partition coefficient (Wildman–Crippen LogP) is 19.5. The molecule has 0 bridgehead atoms. The van der Waals surface area contributed by atoms with Gasteiger partial charge in [-0.15, -0.1) is 0 Å². The summed E-state index contributed by atoms with van der Waals surface area (Å²) < 4.78 is 111. The Labute approximate surface area is 821 Å². The molecule has 15 rings (SSSR count). The lowest BCUT2D eigenvalue weighted by Crippen LogP contribution is -2.34. The third-order valence-corrected chi connectivity index (χ3v) is 25.1. The summed E-state index contributed by atoms with van der Waals surface area (Å²) in [5.41, 5.74) is 8.96. The number of carbonyl (C=O) groups excluding carboxylic acids is 6. The lowest BCUT2D eigenvalue weighted by atomic mass is 9.82. The van der Waals surface area contributed by atoms with Gasteiger partial charge < -0.3 is 100.0 Å². The largest absolute Gasteiger partial charge is 0.497 e. The van der Waals surface area contributed by atoms with Gasteiger partial charge in [0, 0.05) is 177 Å². The van der Waals surface area contributed by atoms with Crippen molar-refractivity contribution in [2.24, 2.45) is 0 Å².